The van der Waals surface area contributed by atoms with Crippen molar-refractivity contribution in [3.05, 3.63) is 64.9 Å². The van der Waals surface area contributed by atoms with Gasteiger partial charge in [0.15, 0.2) is 0 Å². The summed E-state index contributed by atoms with van der Waals surface area (Å²) in [5.41, 5.74) is 0.447. The van der Waals surface area contributed by atoms with Crippen molar-refractivity contribution in [1.29, 1.82) is 0 Å². The first-order valence-electron chi connectivity index (χ1n) is 11.1. The van der Waals surface area contributed by atoms with Gasteiger partial charge in [0.1, 0.15) is 18.4 Å². The molecule has 10 heteroatoms. The fraction of sp³-hybridized carbons (Fsp3) is 0.417. The van der Waals surface area contributed by atoms with Crippen molar-refractivity contribution in [2.75, 3.05) is 17.1 Å². The maximum absolute atomic E-state index is 14.4. The van der Waals surface area contributed by atoms with Crippen LogP contribution in [0.3, 0.4) is 0 Å². The minimum atomic E-state index is -3.99. The number of nitrogens with one attached hydrogen (secondary N) is 1. The van der Waals surface area contributed by atoms with Gasteiger partial charge in [-0.25, -0.2) is 12.8 Å². The normalized spacial score (nSPS) is 15.1. The van der Waals surface area contributed by atoms with E-state index >= 15 is 0 Å². The molecule has 34 heavy (non-hydrogen) atoms. The number of carbonyl (C=O) groups is 2. The summed E-state index contributed by atoms with van der Waals surface area (Å²) in [5, 5.41) is 3.45. The molecule has 7 nitrogen and oxygen atoms in total. The molecule has 2 aromatic carbocycles. The molecule has 1 aliphatic carbocycles. The number of anilines is 1. The molecule has 0 heterocycles. The SMILES string of the molecule is CC(C(=O)NC1CCCC1)N(Cc1cccc(Cl)c1)C(=O)CN(c1ccccc1F)S(C)(=O)=O. The minimum Gasteiger partial charge on any atom is -0.352 e. The Morgan fingerprint density at radius 2 is 1.82 bits per heavy atom. The van der Waals surface area contributed by atoms with Crippen molar-refractivity contribution in [2.24, 2.45) is 0 Å². The standard InChI is InChI=1S/C24H29ClFN3O4S/c1-17(24(31)27-20-10-3-4-11-20)28(15-18-8-7-9-19(25)14-18)23(30)16-29(34(2,32)33)22-13-6-5-12-21(22)26/h5-9,12-14,17,20H,3-4,10-11,15-16H2,1-2H3,(H,27,31). The highest BCUT2D eigenvalue weighted by Gasteiger charge is 2.32. The Kier molecular flexibility index (Phi) is 8.54. The Hall–Kier alpha value is -2.65. The fourth-order valence-electron chi connectivity index (χ4n) is 4.06. The molecule has 1 N–H and O–H groups in total. The smallest absolute Gasteiger partial charge is 0.244 e. The number of benzene rings is 2. The van der Waals surface area contributed by atoms with Crippen LogP contribution < -0.4 is 9.62 Å². The average molecular weight is 510 g/mol. The number of para-hydroxylation sites is 1. The van der Waals surface area contributed by atoms with Gasteiger partial charge in [-0.1, -0.05) is 48.7 Å². The van der Waals surface area contributed by atoms with Crippen LogP contribution in [0, 0.1) is 5.82 Å². The van der Waals surface area contributed by atoms with Gasteiger partial charge in [-0.2, -0.15) is 0 Å². The average Bonchev–Trinajstić information content (AvgIpc) is 3.28. The molecule has 0 aromatic heterocycles. The molecular weight excluding hydrogens is 481 g/mol. The van der Waals surface area contributed by atoms with Crippen LogP contribution in [-0.4, -0.2) is 50.0 Å². The van der Waals surface area contributed by atoms with E-state index in [2.05, 4.69) is 5.32 Å². The van der Waals surface area contributed by atoms with Gasteiger partial charge in [0.05, 0.1) is 11.9 Å². The third-order valence-corrected chi connectivity index (χ3v) is 7.27. The molecule has 1 fully saturated rings. The third-order valence-electron chi connectivity index (χ3n) is 5.91. The zero-order valence-corrected chi connectivity index (χ0v) is 20.8. The minimum absolute atomic E-state index is 0.0352. The molecule has 2 amide bonds. The van der Waals surface area contributed by atoms with E-state index in [1.807, 2.05) is 0 Å². The van der Waals surface area contributed by atoms with Gasteiger partial charge in [-0.15, -0.1) is 0 Å². The summed E-state index contributed by atoms with van der Waals surface area (Å²) in [6.45, 7) is 0.982. The molecule has 0 bridgehead atoms. The van der Waals surface area contributed by atoms with Crippen molar-refractivity contribution in [1.82, 2.24) is 10.2 Å². The zero-order valence-electron chi connectivity index (χ0n) is 19.2. The summed E-state index contributed by atoms with van der Waals surface area (Å²) >= 11 is 6.09. The van der Waals surface area contributed by atoms with Crippen molar-refractivity contribution >= 4 is 39.1 Å². The monoisotopic (exact) mass is 509 g/mol. The maximum Gasteiger partial charge on any atom is 0.244 e. The van der Waals surface area contributed by atoms with Gasteiger partial charge in [-0.3, -0.25) is 13.9 Å². The van der Waals surface area contributed by atoms with Crippen LogP contribution in [0.1, 0.15) is 38.2 Å². The van der Waals surface area contributed by atoms with Crippen molar-refractivity contribution in [2.45, 2.75) is 51.2 Å². The molecule has 1 saturated carbocycles. The summed E-state index contributed by atoms with van der Waals surface area (Å²) < 4.78 is 40.1. The number of halogens is 2. The van der Waals surface area contributed by atoms with E-state index in [0.29, 0.717) is 10.6 Å². The molecule has 3 rings (SSSR count). The van der Waals surface area contributed by atoms with Gasteiger partial charge in [0.2, 0.25) is 21.8 Å². The van der Waals surface area contributed by atoms with Gasteiger partial charge in [0, 0.05) is 17.6 Å². The number of rotatable bonds is 9. The second-order valence-electron chi connectivity index (χ2n) is 8.54. The summed E-state index contributed by atoms with van der Waals surface area (Å²) in [6.07, 6.45) is 4.75. The molecule has 1 unspecified atom stereocenters. The van der Waals surface area contributed by atoms with Crippen LogP contribution in [0.15, 0.2) is 48.5 Å². The first-order chi connectivity index (χ1) is 16.1. The van der Waals surface area contributed by atoms with Crippen molar-refractivity contribution in [3.8, 4) is 0 Å². The molecular formula is C24H29ClFN3O4S. The largest absolute Gasteiger partial charge is 0.352 e. The zero-order chi connectivity index (χ0) is 24.9. The molecule has 1 aliphatic rings. The first kappa shape index (κ1) is 26.0. The summed E-state index contributed by atoms with van der Waals surface area (Å²) in [4.78, 5) is 27.7. The van der Waals surface area contributed by atoms with Crippen LogP contribution in [0.25, 0.3) is 0 Å². The van der Waals surface area contributed by atoms with Crippen LogP contribution in [0.2, 0.25) is 5.02 Å². The lowest BCUT2D eigenvalue weighted by molar-refractivity contribution is -0.139. The Morgan fingerprint density at radius 3 is 2.44 bits per heavy atom. The lowest BCUT2D eigenvalue weighted by Gasteiger charge is -2.32. The van der Waals surface area contributed by atoms with E-state index in [-0.39, 0.29) is 24.2 Å². The molecule has 184 valence electrons. The molecule has 0 radical (unpaired) electrons. The number of carbonyl (C=O) groups excluding carboxylic acids is 2. The van der Waals surface area contributed by atoms with Gasteiger partial charge >= 0.3 is 0 Å². The van der Waals surface area contributed by atoms with E-state index in [0.717, 1.165) is 42.3 Å². The van der Waals surface area contributed by atoms with E-state index in [4.69, 9.17) is 11.6 Å². The maximum atomic E-state index is 14.4. The summed E-state index contributed by atoms with van der Waals surface area (Å²) in [7, 11) is -3.99. The van der Waals surface area contributed by atoms with Gasteiger partial charge in [0.25, 0.3) is 0 Å². The lowest BCUT2D eigenvalue weighted by Crippen LogP contribution is -2.52. The van der Waals surface area contributed by atoms with E-state index in [1.165, 1.54) is 23.1 Å². The van der Waals surface area contributed by atoms with E-state index in [1.54, 1.807) is 31.2 Å². The van der Waals surface area contributed by atoms with Crippen molar-refractivity contribution < 1.29 is 22.4 Å². The molecule has 2 aromatic rings. The van der Waals surface area contributed by atoms with E-state index in [9.17, 15) is 22.4 Å². The fourth-order valence-corrected chi connectivity index (χ4v) is 5.12. The Balaban J connectivity index is 1.89. The lowest BCUT2D eigenvalue weighted by atomic mass is 10.1. The molecule has 0 spiro atoms. The van der Waals surface area contributed by atoms with Gasteiger partial charge in [-0.05, 0) is 49.6 Å². The molecule has 1 atom stereocenters. The second kappa shape index (κ2) is 11.2. The van der Waals surface area contributed by atoms with Crippen LogP contribution >= 0.6 is 11.6 Å². The second-order valence-corrected chi connectivity index (χ2v) is 10.9. The van der Waals surface area contributed by atoms with Crippen LogP contribution in [0.4, 0.5) is 10.1 Å². The summed E-state index contributed by atoms with van der Waals surface area (Å²) in [6, 6.07) is 11.4. The Morgan fingerprint density at radius 1 is 1.15 bits per heavy atom. The van der Waals surface area contributed by atoms with Crippen LogP contribution in [0.5, 0.6) is 0 Å². The number of sulfonamides is 1. The first-order valence-corrected chi connectivity index (χ1v) is 13.4. The van der Waals surface area contributed by atoms with E-state index < -0.39 is 34.3 Å². The van der Waals surface area contributed by atoms with Crippen LogP contribution in [-0.2, 0) is 26.2 Å². The van der Waals surface area contributed by atoms with Gasteiger partial charge < -0.3 is 10.2 Å². The number of nitrogens with zero attached hydrogens (tertiary/aromatic N) is 2. The highest BCUT2D eigenvalue weighted by Crippen LogP contribution is 2.23. The predicted octanol–water partition coefficient (Wildman–Crippen LogP) is 3.72. The topological polar surface area (TPSA) is 86.8 Å². The quantitative estimate of drug-likeness (QED) is 0.558. The third kappa shape index (κ3) is 6.70. The van der Waals surface area contributed by atoms with Crippen molar-refractivity contribution in [3.63, 3.8) is 0 Å². The number of hydrogen-bond acceptors (Lipinski definition) is 4. The predicted molar refractivity (Wildman–Crippen MR) is 130 cm³/mol. The number of amides is 2. The highest BCUT2D eigenvalue weighted by atomic mass is 35.5. The number of hydrogen-bond donors (Lipinski definition) is 1. The Bertz CT molecular complexity index is 1140. The molecule has 0 aliphatic heterocycles. The Labute approximate surface area is 204 Å². The highest BCUT2D eigenvalue weighted by molar-refractivity contribution is 7.92. The summed E-state index contributed by atoms with van der Waals surface area (Å²) in [5.74, 6) is -1.73. The molecule has 0 saturated heterocycles.